The molecule has 4 aromatic rings. The topological polar surface area (TPSA) is 17.0 Å². The molecule has 2 heterocycles. The van der Waals surface area contributed by atoms with Gasteiger partial charge < -0.3 is 4.42 Å². The maximum atomic E-state index is 6.08. The van der Waals surface area contributed by atoms with Crippen molar-refractivity contribution in [2.24, 2.45) is 7.05 Å². The molecule has 0 spiro atoms. The van der Waals surface area contributed by atoms with Gasteiger partial charge >= 0.3 is 0 Å². The summed E-state index contributed by atoms with van der Waals surface area (Å²) in [6.45, 7) is 4.32. The number of para-hydroxylation sites is 1. The number of pyridine rings is 1. The van der Waals surface area contributed by atoms with Gasteiger partial charge in [0.1, 0.15) is 18.2 Å². The second-order valence-corrected chi connectivity index (χ2v) is 5.85. The van der Waals surface area contributed by atoms with Crippen molar-refractivity contribution in [3.63, 3.8) is 0 Å². The van der Waals surface area contributed by atoms with Crippen LogP contribution in [0.1, 0.15) is 11.1 Å². The van der Waals surface area contributed by atoms with Crippen LogP contribution in [0.15, 0.2) is 59.1 Å². The van der Waals surface area contributed by atoms with E-state index in [9.17, 15) is 0 Å². The Labute approximate surface area is 129 Å². The monoisotopic (exact) mass is 288 g/mol. The van der Waals surface area contributed by atoms with Crippen LogP contribution in [0.2, 0.25) is 0 Å². The van der Waals surface area contributed by atoms with E-state index in [2.05, 4.69) is 68.1 Å². The van der Waals surface area contributed by atoms with Crippen LogP contribution in [0.3, 0.4) is 0 Å². The van der Waals surface area contributed by atoms with Gasteiger partial charge in [0.15, 0.2) is 6.20 Å². The average Bonchev–Trinajstić information content (AvgIpc) is 2.91. The number of rotatable bonds is 1. The summed E-state index contributed by atoms with van der Waals surface area (Å²) in [4.78, 5) is 0. The third kappa shape index (κ3) is 1.77. The van der Waals surface area contributed by atoms with Crippen molar-refractivity contribution < 1.29 is 8.98 Å². The van der Waals surface area contributed by atoms with Gasteiger partial charge in [-0.25, -0.2) is 4.57 Å². The lowest BCUT2D eigenvalue weighted by Gasteiger charge is -2.08. The van der Waals surface area contributed by atoms with Crippen molar-refractivity contribution >= 4 is 21.9 Å². The molecule has 0 atom stereocenters. The number of fused-ring (bicyclic) bond motifs is 3. The van der Waals surface area contributed by atoms with Gasteiger partial charge in [-0.15, -0.1) is 0 Å². The summed E-state index contributed by atoms with van der Waals surface area (Å²) in [6, 6.07) is 16.8. The van der Waals surface area contributed by atoms with Crippen LogP contribution < -0.4 is 4.57 Å². The van der Waals surface area contributed by atoms with Crippen molar-refractivity contribution in [1.82, 2.24) is 0 Å². The number of hydrogen-bond donors (Lipinski definition) is 0. The van der Waals surface area contributed by atoms with Gasteiger partial charge in [0.25, 0.3) is 0 Å². The van der Waals surface area contributed by atoms with Gasteiger partial charge in [0.2, 0.25) is 5.69 Å². The summed E-state index contributed by atoms with van der Waals surface area (Å²) in [5, 5.41) is 2.37. The summed E-state index contributed by atoms with van der Waals surface area (Å²) >= 11 is 0. The van der Waals surface area contributed by atoms with Gasteiger partial charge in [-0.3, -0.25) is 0 Å². The molecule has 0 aliphatic heterocycles. The first-order valence-corrected chi connectivity index (χ1v) is 7.53. The minimum absolute atomic E-state index is 0.953. The summed E-state index contributed by atoms with van der Waals surface area (Å²) in [5.41, 5.74) is 6.92. The average molecular weight is 288 g/mol. The van der Waals surface area contributed by atoms with E-state index < -0.39 is 0 Å². The zero-order chi connectivity index (χ0) is 15.3. The number of benzene rings is 2. The molecule has 0 aliphatic carbocycles. The lowest BCUT2D eigenvalue weighted by atomic mass is 9.96. The van der Waals surface area contributed by atoms with Crippen molar-refractivity contribution in [1.29, 1.82) is 0 Å². The number of aryl methyl sites for hydroxylation is 2. The van der Waals surface area contributed by atoms with Crippen LogP contribution in [-0.4, -0.2) is 0 Å². The Balaban J connectivity index is 2.14. The molecule has 2 nitrogen and oxygen atoms in total. The van der Waals surface area contributed by atoms with Gasteiger partial charge in [0, 0.05) is 22.9 Å². The Bertz CT molecular complexity index is 1010. The van der Waals surface area contributed by atoms with Crippen molar-refractivity contribution in [3.05, 3.63) is 65.9 Å². The largest absolute Gasteiger partial charge is 0.456 e. The number of aromatic nitrogens is 1. The predicted octanol–water partition coefficient (Wildman–Crippen LogP) is 4.69. The molecule has 0 aliphatic rings. The van der Waals surface area contributed by atoms with Crippen LogP contribution >= 0.6 is 0 Å². The zero-order valence-electron chi connectivity index (χ0n) is 13.1. The summed E-state index contributed by atoms with van der Waals surface area (Å²) in [5.74, 6) is 0. The molecule has 0 saturated heterocycles. The molecule has 22 heavy (non-hydrogen) atoms. The molecule has 4 rings (SSSR count). The molecule has 0 amide bonds. The second kappa shape index (κ2) is 4.70. The highest BCUT2D eigenvalue weighted by atomic mass is 16.3. The van der Waals surface area contributed by atoms with E-state index in [4.69, 9.17) is 4.42 Å². The van der Waals surface area contributed by atoms with Crippen molar-refractivity contribution in [2.75, 3.05) is 0 Å². The molecule has 2 aromatic heterocycles. The summed E-state index contributed by atoms with van der Waals surface area (Å²) < 4.78 is 8.24. The maximum Gasteiger partial charge on any atom is 0.212 e. The van der Waals surface area contributed by atoms with Crippen LogP contribution in [0, 0.1) is 13.8 Å². The minimum Gasteiger partial charge on any atom is -0.456 e. The van der Waals surface area contributed by atoms with Crippen molar-refractivity contribution in [3.8, 4) is 11.3 Å². The molecule has 0 radical (unpaired) electrons. The molecule has 0 fully saturated rings. The van der Waals surface area contributed by atoms with E-state index in [0.717, 1.165) is 11.2 Å². The van der Waals surface area contributed by atoms with Gasteiger partial charge in [-0.2, -0.15) is 0 Å². The van der Waals surface area contributed by atoms with Crippen molar-refractivity contribution in [2.45, 2.75) is 13.8 Å². The Morgan fingerprint density at radius 3 is 2.45 bits per heavy atom. The predicted molar refractivity (Wildman–Crippen MR) is 89.8 cm³/mol. The molecular formula is C20H18NO+. The van der Waals surface area contributed by atoms with Crippen LogP contribution in [-0.2, 0) is 7.05 Å². The van der Waals surface area contributed by atoms with Crippen LogP contribution in [0.4, 0.5) is 0 Å². The first-order valence-electron chi connectivity index (χ1n) is 7.53. The van der Waals surface area contributed by atoms with E-state index in [-0.39, 0.29) is 0 Å². The molecule has 0 N–H and O–H groups in total. The molecular weight excluding hydrogens is 270 g/mol. The molecule has 0 bridgehead atoms. The Kier molecular flexibility index (Phi) is 2.80. The Morgan fingerprint density at radius 2 is 1.64 bits per heavy atom. The van der Waals surface area contributed by atoms with E-state index in [1.165, 1.54) is 33.2 Å². The fraction of sp³-hybridized carbons (Fsp3) is 0.150. The molecule has 0 saturated carbocycles. The Hall–Kier alpha value is -2.61. The number of nitrogens with zero attached hydrogens (tertiary/aromatic N) is 1. The van der Waals surface area contributed by atoms with Crippen LogP contribution in [0.5, 0.6) is 0 Å². The maximum absolute atomic E-state index is 6.08. The van der Waals surface area contributed by atoms with E-state index in [0.29, 0.717) is 0 Å². The third-order valence-electron chi connectivity index (χ3n) is 4.56. The zero-order valence-corrected chi connectivity index (χ0v) is 13.1. The SMILES string of the molecule is Cc1c(-c2cccc[n+]2C)cc2c(oc3ccccc32)c1C. The standard InChI is InChI=1S/C20H18NO/c1-13-14(2)20-17(15-8-4-5-10-19(15)22-20)12-16(13)18-9-6-7-11-21(18)3/h4-12H,1-3H3/q+1. The smallest absolute Gasteiger partial charge is 0.212 e. The highest BCUT2D eigenvalue weighted by molar-refractivity contribution is 6.07. The van der Waals surface area contributed by atoms with Crippen LogP contribution in [0.25, 0.3) is 33.2 Å². The first-order chi connectivity index (χ1) is 10.7. The highest BCUT2D eigenvalue weighted by Crippen LogP contribution is 2.36. The number of hydrogen-bond acceptors (Lipinski definition) is 1. The molecule has 0 unspecified atom stereocenters. The number of furan rings is 1. The van der Waals surface area contributed by atoms with E-state index in [1.807, 2.05) is 12.1 Å². The molecule has 2 heteroatoms. The van der Waals surface area contributed by atoms with E-state index >= 15 is 0 Å². The third-order valence-corrected chi connectivity index (χ3v) is 4.56. The minimum atomic E-state index is 0.953. The molecule has 108 valence electrons. The Morgan fingerprint density at radius 1 is 0.864 bits per heavy atom. The second-order valence-electron chi connectivity index (χ2n) is 5.85. The summed E-state index contributed by atoms with van der Waals surface area (Å²) in [7, 11) is 2.09. The summed E-state index contributed by atoms with van der Waals surface area (Å²) in [6.07, 6.45) is 2.09. The fourth-order valence-electron chi connectivity index (χ4n) is 3.18. The fourth-order valence-corrected chi connectivity index (χ4v) is 3.18. The normalized spacial score (nSPS) is 11.4. The van der Waals surface area contributed by atoms with Gasteiger partial charge in [-0.1, -0.05) is 18.2 Å². The van der Waals surface area contributed by atoms with E-state index in [1.54, 1.807) is 0 Å². The first kappa shape index (κ1) is 13.1. The quantitative estimate of drug-likeness (QED) is 0.464. The lowest BCUT2D eigenvalue weighted by molar-refractivity contribution is -0.660. The highest BCUT2D eigenvalue weighted by Gasteiger charge is 2.18. The van der Waals surface area contributed by atoms with Gasteiger partial charge in [0.05, 0.1) is 5.56 Å². The van der Waals surface area contributed by atoms with Gasteiger partial charge in [-0.05, 0) is 43.2 Å². The lowest BCUT2D eigenvalue weighted by Crippen LogP contribution is -2.30. The molecule has 2 aromatic carbocycles.